The number of aromatic nitrogens is 2. The van der Waals surface area contributed by atoms with Crippen LogP contribution in [0.3, 0.4) is 0 Å². The summed E-state index contributed by atoms with van der Waals surface area (Å²) in [6, 6.07) is 29.0. The molecule has 0 radical (unpaired) electrons. The maximum atomic E-state index is 12.6. The van der Waals surface area contributed by atoms with Crippen LogP contribution < -0.4 is 5.43 Å². The van der Waals surface area contributed by atoms with E-state index < -0.39 is 6.10 Å². The Kier molecular flexibility index (Phi) is 6.30. The molecule has 0 aliphatic heterocycles. The van der Waals surface area contributed by atoms with Gasteiger partial charge in [-0.3, -0.25) is 4.79 Å². The van der Waals surface area contributed by atoms with Crippen molar-refractivity contribution in [2.45, 2.75) is 6.10 Å². The van der Waals surface area contributed by atoms with Crippen molar-refractivity contribution in [3.63, 3.8) is 0 Å². The molecule has 4 aromatic rings. The molecule has 6 heteroatoms. The molecule has 154 valence electrons. The van der Waals surface area contributed by atoms with Crippen LogP contribution in [0.4, 0.5) is 0 Å². The van der Waals surface area contributed by atoms with Crippen LogP contribution in [-0.4, -0.2) is 29.0 Å². The van der Waals surface area contributed by atoms with Gasteiger partial charge in [0, 0.05) is 24.4 Å². The summed E-state index contributed by atoms with van der Waals surface area (Å²) in [7, 11) is 1.50. The minimum atomic E-state index is -0.737. The van der Waals surface area contributed by atoms with Crippen LogP contribution in [0.15, 0.2) is 102 Å². The lowest BCUT2D eigenvalue weighted by molar-refractivity contribution is -0.131. The highest BCUT2D eigenvalue weighted by molar-refractivity contribution is 5.90. The predicted molar refractivity (Wildman–Crippen MR) is 121 cm³/mol. The molecule has 1 N–H and O–H groups in total. The second-order valence-electron chi connectivity index (χ2n) is 6.84. The van der Waals surface area contributed by atoms with Gasteiger partial charge in [0.1, 0.15) is 5.69 Å². The van der Waals surface area contributed by atoms with Gasteiger partial charge in [-0.05, 0) is 17.7 Å². The average Bonchev–Trinajstić information content (AvgIpc) is 3.26. The minimum absolute atomic E-state index is 0.346. The highest BCUT2D eigenvalue weighted by Gasteiger charge is 2.19. The molecule has 0 spiro atoms. The molecule has 1 heterocycles. The molecule has 31 heavy (non-hydrogen) atoms. The fourth-order valence-corrected chi connectivity index (χ4v) is 3.26. The Bertz CT molecular complexity index is 1160. The number of hydrazone groups is 1. The first-order valence-electron chi connectivity index (χ1n) is 9.87. The molecule has 3 aromatic carbocycles. The topological polar surface area (TPSA) is 68.5 Å². The zero-order chi connectivity index (χ0) is 21.5. The van der Waals surface area contributed by atoms with Gasteiger partial charge in [0.05, 0.1) is 11.9 Å². The molecule has 0 saturated carbocycles. The fraction of sp³-hybridized carbons (Fsp3) is 0.0800. The van der Waals surface area contributed by atoms with Crippen molar-refractivity contribution in [2.75, 3.05) is 7.11 Å². The molecule has 6 nitrogen and oxygen atoms in total. The van der Waals surface area contributed by atoms with Crippen molar-refractivity contribution >= 4 is 12.1 Å². The quantitative estimate of drug-likeness (QED) is 0.363. The Morgan fingerprint density at radius 1 is 0.968 bits per heavy atom. The lowest BCUT2D eigenvalue weighted by atomic mass is 10.1. The summed E-state index contributed by atoms with van der Waals surface area (Å²) in [6.07, 6.45) is 2.75. The van der Waals surface area contributed by atoms with E-state index in [2.05, 4.69) is 10.5 Å². The van der Waals surface area contributed by atoms with E-state index >= 15 is 0 Å². The lowest BCUT2D eigenvalue weighted by Gasteiger charge is -2.13. The smallest absolute Gasteiger partial charge is 0.273 e. The Morgan fingerprint density at radius 2 is 1.58 bits per heavy atom. The number of hydrogen-bond donors (Lipinski definition) is 1. The number of hydrogen-bond acceptors (Lipinski definition) is 4. The number of nitrogens with one attached hydrogen (secondary N) is 1. The van der Waals surface area contributed by atoms with Gasteiger partial charge >= 0.3 is 0 Å². The molecular weight excluding hydrogens is 388 g/mol. The summed E-state index contributed by atoms with van der Waals surface area (Å²) >= 11 is 0. The first-order valence-corrected chi connectivity index (χ1v) is 9.87. The lowest BCUT2D eigenvalue weighted by Crippen LogP contribution is -2.26. The van der Waals surface area contributed by atoms with Crippen LogP contribution in [0.1, 0.15) is 17.2 Å². The maximum Gasteiger partial charge on any atom is 0.273 e. The van der Waals surface area contributed by atoms with Crippen molar-refractivity contribution in [3.05, 3.63) is 108 Å². The molecule has 1 aromatic heterocycles. The number of benzene rings is 3. The van der Waals surface area contributed by atoms with Crippen molar-refractivity contribution in [1.29, 1.82) is 0 Å². The number of amides is 1. The number of carbonyl (C=O) groups is 1. The molecule has 0 bridgehead atoms. The second kappa shape index (κ2) is 9.65. The van der Waals surface area contributed by atoms with Crippen molar-refractivity contribution < 1.29 is 9.53 Å². The van der Waals surface area contributed by atoms with E-state index in [1.807, 2.05) is 97.2 Å². The minimum Gasteiger partial charge on any atom is -0.367 e. The predicted octanol–water partition coefficient (Wildman–Crippen LogP) is 4.38. The van der Waals surface area contributed by atoms with Gasteiger partial charge in [-0.1, -0.05) is 78.9 Å². The summed E-state index contributed by atoms with van der Waals surface area (Å²) < 4.78 is 7.15. The largest absolute Gasteiger partial charge is 0.367 e. The third kappa shape index (κ3) is 4.76. The average molecular weight is 410 g/mol. The number of ether oxygens (including phenoxy) is 1. The first-order chi connectivity index (χ1) is 15.3. The SMILES string of the molecule is COC(C(=O)NN=Cc1cn(-c2ccccc2)nc1-c1ccccc1)c1ccccc1. The molecule has 0 aliphatic carbocycles. The van der Waals surface area contributed by atoms with Crippen LogP contribution in [-0.2, 0) is 9.53 Å². The van der Waals surface area contributed by atoms with Crippen molar-refractivity contribution in [3.8, 4) is 16.9 Å². The third-order valence-electron chi connectivity index (χ3n) is 4.77. The molecule has 1 unspecified atom stereocenters. The molecule has 4 rings (SSSR count). The van der Waals surface area contributed by atoms with Gasteiger partial charge in [-0.15, -0.1) is 0 Å². The number of rotatable bonds is 7. The van der Waals surface area contributed by atoms with Gasteiger partial charge in [0.25, 0.3) is 5.91 Å². The van der Waals surface area contributed by atoms with E-state index in [1.54, 1.807) is 10.9 Å². The van der Waals surface area contributed by atoms with Gasteiger partial charge < -0.3 is 4.74 Å². The van der Waals surface area contributed by atoms with Crippen LogP contribution >= 0.6 is 0 Å². The molecule has 1 amide bonds. The summed E-state index contributed by atoms with van der Waals surface area (Å²) in [5, 5.41) is 8.91. The summed E-state index contributed by atoms with van der Waals surface area (Å²) in [5.74, 6) is -0.346. The van der Waals surface area contributed by atoms with Crippen LogP contribution in [0.25, 0.3) is 16.9 Å². The maximum absolute atomic E-state index is 12.6. The van der Waals surface area contributed by atoms with Crippen LogP contribution in [0, 0.1) is 0 Å². The Morgan fingerprint density at radius 3 is 2.23 bits per heavy atom. The van der Waals surface area contributed by atoms with Gasteiger partial charge in [0.15, 0.2) is 6.10 Å². The molecule has 0 aliphatic rings. The number of methoxy groups -OCH3 is 1. The van der Waals surface area contributed by atoms with Gasteiger partial charge in [-0.25, -0.2) is 10.1 Å². The highest BCUT2D eigenvalue weighted by atomic mass is 16.5. The monoisotopic (exact) mass is 410 g/mol. The molecule has 1 atom stereocenters. The van der Waals surface area contributed by atoms with E-state index in [-0.39, 0.29) is 5.91 Å². The van der Waals surface area contributed by atoms with E-state index in [4.69, 9.17) is 9.84 Å². The normalized spacial score (nSPS) is 12.0. The summed E-state index contributed by atoms with van der Waals surface area (Å²) in [5.41, 5.74) is 6.79. The van der Waals surface area contributed by atoms with Gasteiger partial charge in [-0.2, -0.15) is 10.2 Å². The third-order valence-corrected chi connectivity index (χ3v) is 4.77. The van der Waals surface area contributed by atoms with Crippen LogP contribution in [0.5, 0.6) is 0 Å². The Balaban J connectivity index is 1.59. The summed E-state index contributed by atoms with van der Waals surface area (Å²) in [6.45, 7) is 0. The zero-order valence-corrected chi connectivity index (χ0v) is 17.1. The van der Waals surface area contributed by atoms with E-state index in [9.17, 15) is 4.79 Å². The van der Waals surface area contributed by atoms with E-state index in [0.717, 1.165) is 28.1 Å². The Labute approximate surface area is 180 Å². The molecule has 0 fully saturated rings. The molecular formula is C25H22N4O2. The zero-order valence-electron chi connectivity index (χ0n) is 17.1. The standard InChI is InChI=1S/C25H22N4O2/c1-31-24(20-13-7-3-8-14-20)25(30)27-26-17-21-18-29(22-15-9-4-10-16-22)28-23(21)19-11-5-2-6-12-19/h2-18,24H,1H3,(H,27,30). The molecule has 0 saturated heterocycles. The number of nitrogens with zero attached hydrogens (tertiary/aromatic N) is 3. The van der Waals surface area contributed by atoms with Crippen molar-refractivity contribution in [1.82, 2.24) is 15.2 Å². The van der Waals surface area contributed by atoms with Crippen LogP contribution in [0.2, 0.25) is 0 Å². The first kappa shape index (κ1) is 20.3. The number of para-hydroxylation sites is 1. The van der Waals surface area contributed by atoms with E-state index in [1.165, 1.54) is 7.11 Å². The van der Waals surface area contributed by atoms with Gasteiger partial charge in [0.2, 0.25) is 0 Å². The highest BCUT2D eigenvalue weighted by Crippen LogP contribution is 2.22. The second-order valence-corrected chi connectivity index (χ2v) is 6.84. The Hall–Kier alpha value is -4.03. The van der Waals surface area contributed by atoms with Crippen molar-refractivity contribution in [2.24, 2.45) is 5.10 Å². The summed E-state index contributed by atoms with van der Waals surface area (Å²) in [4.78, 5) is 12.6. The number of carbonyl (C=O) groups excluding carboxylic acids is 1. The fourth-order valence-electron chi connectivity index (χ4n) is 3.26. The van der Waals surface area contributed by atoms with E-state index in [0.29, 0.717) is 0 Å².